The van der Waals surface area contributed by atoms with E-state index < -0.39 is 5.91 Å². The Hall–Kier alpha value is -4.28. The van der Waals surface area contributed by atoms with E-state index in [1.54, 1.807) is 12.1 Å². The van der Waals surface area contributed by atoms with Crippen molar-refractivity contribution in [3.05, 3.63) is 87.9 Å². The van der Waals surface area contributed by atoms with Crippen LogP contribution in [0.25, 0.3) is 6.08 Å². The molecule has 1 N–H and O–H groups in total. The lowest BCUT2D eigenvalue weighted by Gasteiger charge is -2.20. The SMILES string of the molecule is COc1cc(/C=C2/C(=N)N3N=C(COc4ccccc4)SC3=NC2=O)cc(Cl)c1OCCOc1ccc(C)c(C)c1. The van der Waals surface area contributed by atoms with Crippen molar-refractivity contribution in [1.29, 1.82) is 5.41 Å². The van der Waals surface area contributed by atoms with Crippen LogP contribution < -0.4 is 18.9 Å². The third-order valence-corrected chi connectivity index (χ3v) is 7.40. The molecule has 2 aliphatic heterocycles. The molecule has 0 saturated carbocycles. The number of nitrogens with zero attached hydrogens (tertiary/aromatic N) is 3. The second kappa shape index (κ2) is 12.5. The van der Waals surface area contributed by atoms with E-state index in [0.29, 0.717) is 39.6 Å². The molecule has 2 aliphatic rings. The van der Waals surface area contributed by atoms with E-state index in [9.17, 15) is 4.79 Å². The number of hydrazone groups is 1. The highest BCUT2D eigenvalue weighted by Crippen LogP contribution is 2.38. The van der Waals surface area contributed by atoms with Crippen molar-refractivity contribution in [1.82, 2.24) is 5.01 Å². The molecule has 11 heteroatoms. The van der Waals surface area contributed by atoms with Crippen LogP contribution in [0.4, 0.5) is 0 Å². The van der Waals surface area contributed by atoms with Gasteiger partial charge in [0.1, 0.15) is 36.4 Å². The van der Waals surface area contributed by atoms with Crippen molar-refractivity contribution in [2.45, 2.75) is 13.8 Å². The van der Waals surface area contributed by atoms with Gasteiger partial charge in [-0.2, -0.15) is 15.1 Å². The minimum absolute atomic E-state index is 0.0666. The van der Waals surface area contributed by atoms with Crippen LogP contribution in [-0.4, -0.2) is 53.9 Å². The minimum atomic E-state index is -0.548. The Balaban J connectivity index is 1.26. The Labute approximate surface area is 246 Å². The maximum Gasteiger partial charge on any atom is 0.283 e. The summed E-state index contributed by atoms with van der Waals surface area (Å²) in [7, 11) is 1.50. The summed E-state index contributed by atoms with van der Waals surface area (Å²) in [5, 5.41) is 15.6. The Morgan fingerprint density at radius 2 is 1.76 bits per heavy atom. The first-order valence-corrected chi connectivity index (χ1v) is 13.9. The number of benzene rings is 3. The number of hydrogen-bond acceptors (Lipinski definition) is 8. The zero-order valence-electron chi connectivity index (χ0n) is 22.6. The van der Waals surface area contributed by atoms with E-state index in [2.05, 4.69) is 10.1 Å². The number of aliphatic imine (C=N–C) groups is 1. The lowest BCUT2D eigenvalue weighted by Crippen LogP contribution is -2.35. The van der Waals surface area contributed by atoms with Crippen LogP contribution in [0.1, 0.15) is 16.7 Å². The van der Waals surface area contributed by atoms with Crippen LogP contribution in [0, 0.1) is 19.3 Å². The summed E-state index contributed by atoms with van der Waals surface area (Å²) in [6.07, 6.45) is 1.53. The van der Waals surface area contributed by atoms with Gasteiger partial charge in [0.05, 0.1) is 17.7 Å². The quantitative estimate of drug-likeness (QED) is 0.224. The fraction of sp³-hybridized carbons (Fsp3) is 0.200. The van der Waals surface area contributed by atoms with Gasteiger partial charge in [-0.3, -0.25) is 10.2 Å². The summed E-state index contributed by atoms with van der Waals surface area (Å²) in [5.74, 6) is 1.55. The Morgan fingerprint density at radius 3 is 2.51 bits per heavy atom. The van der Waals surface area contributed by atoms with Crippen LogP contribution in [0.15, 0.2) is 76.3 Å². The van der Waals surface area contributed by atoms with E-state index in [-0.39, 0.29) is 29.6 Å². The molecule has 5 rings (SSSR count). The third-order valence-electron chi connectivity index (χ3n) is 6.24. The predicted molar refractivity (Wildman–Crippen MR) is 162 cm³/mol. The van der Waals surface area contributed by atoms with Gasteiger partial charge >= 0.3 is 0 Å². The van der Waals surface area contributed by atoms with Crippen molar-refractivity contribution in [3.8, 4) is 23.0 Å². The Morgan fingerprint density at radius 1 is 0.976 bits per heavy atom. The summed E-state index contributed by atoms with van der Waals surface area (Å²) in [6, 6.07) is 18.6. The first kappa shape index (κ1) is 28.3. The first-order chi connectivity index (χ1) is 19.8. The molecule has 3 aromatic rings. The van der Waals surface area contributed by atoms with Gasteiger partial charge in [0.15, 0.2) is 17.3 Å². The largest absolute Gasteiger partial charge is 0.493 e. The van der Waals surface area contributed by atoms with Gasteiger partial charge in [-0.25, -0.2) is 0 Å². The van der Waals surface area contributed by atoms with Gasteiger partial charge in [-0.15, -0.1) is 0 Å². The molecule has 1 amide bonds. The molecular weight excluding hydrogens is 564 g/mol. The number of methoxy groups -OCH3 is 1. The Kier molecular flexibility index (Phi) is 8.61. The minimum Gasteiger partial charge on any atom is -0.493 e. The summed E-state index contributed by atoms with van der Waals surface area (Å²) in [5.41, 5.74) is 2.96. The number of nitrogens with one attached hydrogen (secondary N) is 1. The monoisotopic (exact) mass is 590 g/mol. The number of aryl methyl sites for hydroxylation is 2. The molecule has 3 aromatic carbocycles. The molecule has 0 spiro atoms. The average Bonchev–Trinajstić information content (AvgIpc) is 3.38. The second-order valence-electron chi connectivity index (χ2n) is 9.09. The van der Waals surface area contributed by atoms with Crippen molar-refractivity contribution in [2.24, 2.45) is 10.1 Å². The Bertz CT molecular complexity index is 1590. The standard InChI is InChI=1S/C30H27ClN4O5S/c1-18-9-10-22(13-19(18)2)38-11-12-39-27-24(31)15-20(16-25(27)37-3)14-23-28(32)35-30(33-29(23)36)41-26(34-35)17-40-21-7-5-4-6-8-21/h4-10,13-16,32H,11-12,17H2,1-3H3/b23-14-,32-28?. The molecule has 0 aromatic heterocycles. The predicted octanol–water partition coefficient (Wildman–Crippen LogP) is 6.12. The number of carbonyl (C=O) groups is 1. The van der Waals surface area contributed by atoms with Crippen LogP contribution in [0.2, 0.25) is 5.02 Å². The molecule has 0 unspecified atom stereocenters. The smallest absolute Gasteiger partial charge is 0.283 e. The highest BCUT2D eigenvalue weighted by atomic mass is 35.5. The molecular formula is C30H27ClN4O5S. The van der Waals surface area contributed by atoms with Crippen LogP contribution in [-0.2, 0) is 4.79 Å². The van der Waals surface area contributed by atoms with Crippen LogP contribution in [0.5, 0.6) is 23.0 Å². The zero-order valence-corrected chi connectivity index (χ0v) is 24.2. The normalized spacial score (nSPS) is 15.4. The topological polar surface area (TPSA) is 106 Å². The van der Waals surface area contributed by atoms with Gasteiger partial charge in [-0.05, 0) is 84.8 Å². The number of amidine groups is 2. The van der Waals surface area contributed by atoms with Crippen molar-refractivity contribution in [2.75, 3.05) is 26.9 Å². The van der Waals surface area contributed by atoms with Gasteiger partial charge < -0.3 is 18.9 Å². The maximum absolute atomic E-state index is 12.9. The highest BCUT2D eigenvalue weighted by molar-refractivity contribution is 8.27. The number of halogens is 1. The van der Waals surface area contributed by atoms with Gasteiger partial charge in [0, 0.05) is 0 Å². The number of amides is 1. The molecule has 0 atom stereocenters. The number of para-hydroxylation sites is 1. The van der Waals surface area contributed by atoms with E-state index in [1.807, 2.05) is 62.4 Å². The number of hydrogen-bond donors (Lipinski definition) is 1. The van der Waals surface area contributed by atoms with E-state index in [4.69, 9.17) is 36.0 Å². The van der Waals surface area contributed by atoms with E-state index in [0.717, 1.165) is 11.3 Å². The number of carbonyl (C=O) groups excluding carboxylic acids is 1. The van der Waals surface area contributed by atoms with Crippen molar-refractivity contribution >= 4 is 51.4 Å². The summed E-state index contributed by atoms with van der Waals surface area (Å²) >= 11 is 7.73. The maximum atomic E-state index is 12.9. The van der Waals surface area contributed by atoms with Gasteiger partial charge in [0.25, 0.3) is 5.91 Å². The second-order valence-corrected chi connectivity index (χ2v) is 10.5. The van der Waals surface area contributed by atoms with Crippen molar-refractivity contribution in [3.63, 3.8) is 0 Å². The molecule has 9 nitrogen and oxygen atoms in total. The van der Waals surface area contributed by atoms with Gasteiger partial charge in [-0.1, -0.05) is 35.9 Å². The lowest BCUT2D eigenvalue weighted by atomic mass is 10.1. The number of fused-ring (bicyclic) bond motifs is 1. The van der Waals surface area contributed by atoms with E-state index in [1.165, 1.54) is 35.5 Å². The van der Waals surface area contributed by atoms with Crippen LogP contribution >= 0.6 is 23.4 Å². The number of ether oxygens (including phenoxy) is 4. The van der Waals surface area contributed by atoms with Crippen molar-refractivity contribution < 1.29 is 23.7 Å². The highest BCUT2D eigenvalue weighted by Gasteiger charge is 2.35. The first-order valence-electron chi connectivity index (χ1n) is 12.7. The number of rotatable bonds is 10. The molecule has 0 radical (unpaired) electrons. The molecule has 0 bridgehead atoms. The summed E-state index contributed by atoms with van der Waals surface area (Å²) in [6.45, 7) is 4.82. The molecule has 0 fully saturated rings. The molecule has 0 aliphatic carbocycles. The van der Waals surface area contributed by atoms with E-state index >= 15 is 0 Å². The fourth-order valence-corrected chi connectivity index (χ4v) is 5.06. The zero-order chi connectivity index (χ0) is 28.9. The summed E-state index contributed by atoms with van der Waals surface area (Å²) < 4.78 is 22.9. The molecule has 2 heterocycles. The lowest BCUT2D eigenvalue weighted by molar-refractivity contribution is -0.114. The fourth-order valence-electron chi connectivity index (χ4n) is 3.99. The summed E-state index contributed by atoms with van der Waals surface area (Å²) in [4.78, 5) is 17.0. The third kappa shape index (κ3) is 6.55. The average molecular weight is 591 g/mol. The number of thioether (sulfide) groups is 1. The van der Waals surface area contributed by atoms with Crippen LogP contribution in [0.3, 0.4) is 0 Å². The molecule has 210 valence electrons. The molecule has 0 saturated heterocycles. The van der Waals surface area contributed by atoms with Gasteiger partial charge in [0.2, 0.25) is 5.17 Å². The molecule has 41 heavy (non-hydrogen) atoms.